The lowest BCUT2D eigenvalue weighted by atomic mass is 9.85. The minimum absolute atomic E-state index is 0.0957. The Morgan fingerprint density at radius 3 is 2.42 bits per heavy atom. The molecule has 220 valence electrons. The Morgan fingerprint density at radius 1 is 1.23 bits per heavy atom. The number of rotatable bonds is 9. The average molecular weight is 623 g/mol. The molecule has 3 N–H and O–H groups in total. The van der Waals surface area contributed by atoms with Gasteiger partial charge < -0.3 is 30.1 Å². The van der Waals surface area contributed by atoms with Gasteiger partial charge in [0.05, 0.1) is 12.7 Å². The number of hydrogen-bond acceptors (Lipinski definition) is 6. The smallest absolute Gasteiger partial charge is 0.408 e. The number of nitrogens with zero attached hydrogens (tertiary/aromatic N) is 1. The van der Waals surface area contributed by atoms with Crippen molar-refractivity contribution < 1.29 is 33.8 Å². The van der Waals surface area contributed by atoms with Crippen molar-refractivity contribution >= 4 is 39.8 Å². The van der Waals surface area contributed by atoms with Gasteiger partial charge in [0.25, 0.3) is 0 Å². The Morgan fingerprint density at radius 2 is 1.90 bits per heavy atom. The van der Waals surface area contributed by atoms with Crippen molar-refractivity contribution in [2.45, 2.75) is 90.3 Å². The second-order valence-electron chi connectivity index (χ2n) is 12.6. The molecule has 3 rings (SSSR count). The van der Waals surface area contributed by atoms with E-state index in [1.54, 1.807) is 41.5 Å². The fraction of sp³-hybridized carbons (Fsp3) is 0.586. The molecule has 2 aliphatic rings. The van der Waals surface area contributed by atoms with Crippen molar-refractivity contribution in [1.29, 1.82) is 0 Å². The highest BCUT2D eigenvalue weighted by Crippen LogP contribution is 2.45. The first-order valence-corrected chi connectivity index (χ1v) is 14.1. The molecular weight excluding hydrogens is 582 g/mol. The Labute approximate surface area is 244 Å². The van der Waals surface area contributed by atoms with Gasteiger partial charge in [0.2, 0.25) is 11.8 Å². The number of hydrogen-bond donors (Lipinski definition) is 3. The molecule has 2 fully saturated rings. The number of carboxylic acid groups (broad SMARTS) is 1. The van der Waals surface area contributed by atoms with Gasteiger partial charge in [-0.05, 0) is 50.3 Å². The van der Waals surface area contributed by atoms with Crippen LogP contribution in [-0.4, -0.2) is 69.8 Å². The number of likely N-dealkylation sites (tertiary alicyclic amines) is 1. The van der Waals surface area contributed by atoms with Gasteiger partial charge in [0, 0.05) is 23.4 Å². The second-order valence-corrected chi connectivity index (χ2v) is 13.5. The average Bonchev–Trinajstić information content (AvgIpc) is 3.38. The van der Waals surface area contributed by atoms with Gasteiger partial charge in [0.1, 0.15) is 23.2 Å². The summed E-state index contributed by atoms with van der Waals surface area (Å²) in [4.78, 5) is 53.6. The fourth-order valence-corrected chi connectivity index (χ4v) is 5.26. The first-order chi connectivity index (χ1) is 18.5. The van der Waals surface area contributed by atoms with E-state index in [0.29, 0.717) is 0 Å². The van der Waals surface area contributed by atoms with E-state index in [1.807, 2.05) is 24.3 Å². The highest BCUT2D eigenvalue weighted by molar-refractivity contribution is 9.10. The molecule has 3 amide bonds. The van der Waals surface area contributed by atoms with E-state index in [2.05, 4.69) is 33.1 Å². The molecule has 5 atom stereocenters. The lowest BCUT2D eigenvalue weighted by Gasteiger charge is -2.36. The van der Waals surface area contributed by atoms with Crippen LogP contribution in [0.15, 0.2) is 41.4 Å². The molecule has 11 heteroatoms. The molecule has 10 nitrogen and oxygen atoms in total. The highest BCUT2D eigenvalue weighted by Gasteiger charge is 2.61. The van der Waals surface area contributed by atoms with Crippen molar-refractivity contribution in [3.8, 4) is 0 Å². The maximum Gasteiger partial charge on any atom is 0.408 e. The van der Waals surface area contributed by atoms with Gasteiger partial charge >= 0.3 is 12.1 Å². The van der Waals surface area contributed by atoms with Gasteiger partial charge in [-0.15, -0.1) is 6.58 Å². The number of aliphatic carboxylic acids is 1. The predicted molar refractivity (Wildman–Crippen MR) is 152 cm³/mol. The van der Waals surface area contributed by atoms with Crippen LogP contribution in [0.1, 0.15) is 59.9 Å². The van der Waals surface area contributed by atoms with E-state index in [-0.39, 0.29) is 26.0 Å². The molecule has 1 aromatic rings. The van der Waals surface area contributed by atoms with Crippen LogP contribution in [0.25, 0.3) is 0 Å². The maximum atomic E-state index is 14.0. The highest BCUT2D eigenvalue weighted by atomic mass is 79.9. The molecule has 1 saturated carbocycles. The van der Waals surface area contributed by atoms with Gasteiger partial charge in [-0.1, -0.05) is 54.9 Å². The number of halogens is 1. The zero-order chi connectivity index (χ0) is 30.0. The summed E-state index contributed by atoms with van der Waals surface area (Å²) in [5.41, 5.74) is -2.03. The molecule has 0 unspecified atom stereocenters. The van der Waals surface area contributed by atoms with Crippen LogP contribution in [-0.2, 0) is 30.5 Å². The first-order valence-electron chi connectivity index (χ1n) is 13.3. The van der Waals surface area contributed by atoms with Crippen LogP contribution in [0.4, 0.5) is 4.79 Å². The number of ether oxygens (including phenoxy) is 2. The lowest BCUT2D eigenvalue weighted by molar-refractivity contribution is -0.146. The number of nitrogens with one attached hydrogen (secondary N) is 2. The zero-order valence-corrected chi connectivity index (χ0v) is 25.5. The van der Waals surface area contributed by atoms with E-state index in [4.69, 9.17) is 9.47 Å². The predicted octanol–water partition coefficient (Wildman–Crippen LogP) is 4.02. The SMILES string of the molecule is C=C[C@@H]1C[C@@]1(NC(=O)[C@@H]1C[C@@H](OCc2cccc(Br)c2)CN1C(=O)[C@@H](NC(=O)OC(C)(C)C)C(C)(C)C)C(=O)O. The number of carbonyl (C=O) groups excluding carboxylic acids is 3. The summed E-state index contributed by atoms with van der Waals surface area (Å²) in [5.74, 6) is -2.62. The quantitative estimate of drug-likeness (QED) is 0.354. The topological polar surface area (TPSA) is 134 Å². The number of benzene rings is 1. The molecule has 1 saturated heterocycles. The summed E-state index contributed by atoms with van der Waals surface area (Å²) < 4.78 is 12.4. The summed E-state index contributed by atoms with van der Waals surface area (Å²) >= 11 is 3.44. The van der Waals surface area contributed by atoms with Crippen molar-refractivity contribution in [2.75, 3.05) is 6.54 Å². The summed E-state index contributed by atoms with van der Waals surface area (Å²) in [7, 11) is 0. The largest absolute Gasteiger partial charge is 0.479 e. The van der Waals surface area contributed by atoms with Crippen LogP contribution in [0, 0.1) is 11.3 Å². The third-order valence-corrected chi connectivity index (χ3v) is 7.52. The monoisotopic (exact) mass is 621 g/mol. The van der Waals surface area contributed by atoms with Gasteiger partial charge in [0.15, 0.2) is 0 Å². The molecule has 40 heavy (non-hydrogen) atoms. The molecule has 1 aliphatic heterocycles. The third kappa shape index (κ3) is 7.63. The Balaban J connectivity index is 1.85. The Bertz CT molecular complexity index is 1160. The molecule has 1 heterocycles. The number of carboxylic acids is 1. The molecule has 0 radical (unpaired) electrons. The number of carbonyl (C=O) groups is 4. The van der Waals surface area contributed by atoms with Crippen LogP contribution < -0.4 is 10.6 Å². The van der Waals surface area contributed by atoms with Crippen molar-refractivity contribution in [3.63, 3.8) is 0 Å². The van der Waals surface area contributed by atoms with E-state index < -0.39 is 64.5 Å². The third-order valence-electron chi connectivity index (χ3n) is 7.02. The van der Waals surface area contributed by atoms with Crippen molar-refractivity contribution in [1.82, 2.24) is 15.5 Å². The zero-order valence-electron chi connectivity index (χ0n) is 24.0. The molecule has 1 aliphatic carbocycles. The summed E-state index contributed by atoms with van der Waals surface area (Å²) in [6.45, 7) is 14.6. The van der Waals surface area contributed by atoms with E-state index in [0.717, 1.165) is 10.0 Å². The summed E-state index contributed by atoms with van der Waals surface area (Å²) in [5, 5.41) is 15.2. The minimum atomic E-state index is -1.44. The molecule has 0 aromatic heterocycles. The van der Waals surface area contributed by atoms with Crippen LogP contribution >= 0.6 is 15.9 Å². The van der Waals surface area contributed by atoms with Crippen LogP contribution in [0.5, 0.6) is 0 Å². The van der Waals surface area contributed by atoms with Gasteiger partial charge in [-0.3, -0.25) is 9.59 Å². The van der Waals surface area contributed by atoms with E-state index in [1.165, 1.54) is 11.0 Å². The van der Waals surface area contributed by atoms with Crippen LogP contribution in [0.3, 0.4) is 0 Å². The van der Waals surface area contributed by atoms with Crippen molar-refractivity contribution in [3.05, 3.63) is 47.0 Å². The number of alkyl carbamates (subject to hydrolysis) is 1. The van der Waals surface area contributed by atoms with Crippen molar-refractivity contribution in [2.24, 2.45) is 11.3 Å². The normalized spacial score (nSPS) is 25.1. The lowest BCUT2D eigenvalue weighted by Crippen LogP contribution is -2.59. The second kappa shape index (κ2) is 11.9. The van der Waals surface area contributed by atoms with E-state index >= 15 is 0 Å². The molecule has 1 aromatic carbocycles. The first kappa shape index (κ1) is 31.6. The summed E-state index contributed by atoms with van der Waals surface area (Å²) in [6, 6.07) is 5.60. The summed E-state index contributed by atoms with van der Waals surface area (Å²) in [6.07, 6.45) is 0.668. The Hall–Kier alpha value is -2.92. The van der Waals surface area contributed by atoms with Crippen LogP contribution in [0.2, 0.25) is 0 Å². The minimum Gasteiger partial charge on any atom is -0.479 e. The Kier molecular flexibility index (Phi) is 9.40. The maximum absolute atomic E-state index is 14.0. The standard InChI is InChI=1S/C29H40BrN3O7/c1-8-18-14-29(18,25(36)37)32-23(34)21-13-20(39-16-17-10-9-11-19(30)12-17)15-33(21)24(35)22(27(2,3)4)31-26(38)40-28(5,6)7/h8-12,18,20-22H,1,13-16H2,2-7H3,(H,31,38)(H,32,34)(H,36,37)/t18-,20-,21+,22-,29+/m1/s1. The molecule has 0 spiro atoms. The molecule has 0 bridgehead atoms. The number of amides is 3. The van der Waals surface area contributed by atoms with E-state index in [9.17, 15) is 24.3 Å². The van der Waals surface area contributed by atoms with Gasteiger partial charge in [-0.2, -0.15) is 0 Å². The molecular formula is C29H40BrN3O7. The fourth-order valence-electron chi connectivity index (χ4n) is 4.81. The van der Waals surface area contributed by atoms with Gasteiger partial charge in [-0.25, -0.2) is 9.59 Å².